The molecule has 1 aliphatic heterocycles. The van der Waals surface area contributed by atoms with Gasteiger partial charge < -0.3 is 37.0 Å². The average molecular weight is 499 g/mol. The highest BCUT2D eigenvalue weighted by atomic mass is 16.4. The minimum Gasteiger partial charge on any atom is -0.480 e. The number of aliphatic carboxylic acids is 1. The molecule has 7 N–H and O–H groups in total. The Morgan fingerprint density at radius 2 is 1.40 bits per heavy atom. The van der Waals surface area contributed by atoms with Gasteiger partial charge in [0.15, 0.2) is 0 Å². The minimum absolute atomic E-state index is 0.337. The Morgan fingerprint density at radius 3 is 1.89 bits per heavy atom. The van der Waals surface area contributed by atoms with E-state index in [9.17, 15) is 28.8 Å². The number of amides is 5. The first-order valence-electron chi connectivity index (χ1n) is 11.7. The summed E-state index contributed by atoms with van der Waals surface area (Å²) < 4.78 is 0. The third-order valence-corrected chi connectivity index (χ3v) is 5.59. The van der Waals surface area contributed by atoms with Crippen molar-refractivity contribution in [3.05, 3.63) is 0 Å². The lowest BCUT2D eigenvalue weighted by molar-refractivity contribution is -0.143. The standard InChI is InChI=1S/C22H38N6O7/c1-11(2)17(20(32)25-10-16(30)27-18(12(3)4)22(34)35)26-15(29)9-24-19(31)14-7-6-8-28(14)21(33)13(5)23/h11-14,17-18H,6-10,23H2,1-5H3,(H,24,31)(H,25,32)(H,26,29)(H,27,30)(H,34,35). The van der Waals surface area contributed by atoms with Gasteiger partial charge in [-0.15, -0.1) is 0 Å². The van der Waals surface area contributed by atoms with Crippen molar-refractivity contribution < 1.29 is 33.9 Å². The number of carbonyl (C=O) groups is 6. The summed E-state index contributed by atoms with van der Waals surface area (Å²) >= 11 is 0. The van der Waals surface area contributed by atoms with E-state index in [-0.39, 0.29) is 17.7 Å². The highest BCUT2D eigenvalue weighted by Gasteiger charge is 2.35. The molecule has 1 fully saturated rings. The Labute approximate surface area is 204 Å². The lowest BCUT2D eigenvalue weighted by Gasteiger charge is -2.26. The van der Waals surface area contributed by atoms with Gasteiger partial charge in [0, 0.05) is 6.54 Å². The number of carbonyl (C=O) groups excluding carboxylic acids is 5. The molecule has 1 rings (SSSR count). The van der Waals surface area contributed by atoms with Gasteiger partial charge in [0.05, 0.1) is 19.1 Å². The third-order valence-electron chi connectivity index (χ3n) is 5.59. The van der Waals surface area contributed by atoms with Crippen LogP contribution in [0, 0.1) is 11.8 Å². The van der Waals surface area contributed by atoms with Crippen molar-refractivity contribution in [1.82, 2.24) is 26.2 Å². The second kappa shape index (κ2) is 13.6. The van der Waals surface area contributed by atoms with Crippen LogP contribution in [0.1, 0.15) is 47.5 Å². The first-order chi connectivity index (χ1) is 16.3. The highest BCUT2D eigenvalue weighted by molar-refractivity contribution is 5.94. The lowest BCUT2D eigenvalue weighted by atomic mass is 10.0. The van der Waals surface area contributed by atoms with Gasteiger partial charge in [-0.1, -0.05) is 27.7 Å². The summed E-state index contributed by atoms with van der Waals surface area (Å²) in [7, 11) is 0. The van der Waals surface area contributed by atoms with Crippen molar-refractivity contribution in [2.75, 3.05) is 19.6 Å². The van der Waals surface area contributed by atoms with E-state index < -0.39 is 66.9 Å². The molecule has 4 unspecified atom stereocenters. The van der Waals surface area contributed by atoms with Crippen LogP contribution >= 0.6 is 0 Å². The van der Waals surface area contributed by atoms with Crippen LogP contribution in [0.25, 0.3) is 0 Å². The summed E-state index contributed by atoms with van der Waals surface area (Å²) in [6.45, 7) is 7.76. The Kier molecular flexibility index (Phi) is 11.6. The molecule has 198 valence electrons. The number of carboxylic acids is 1. The maximum absolute atomic E-state index is 12.5. The van der Waals surface area contributed by atoms with E-state index in [1.165, 1.54) is 4.90 Å². The fraction of sp³-hybridized carbons (Fsp3) is 0.727. The van der Waals surface area contributed by atoms with Gasteiger partial charge in [0.25, 0.3) is 0 Å². The first kappa shape index (κ1) is 29.8. The van der Waals surface area contributed by atoms with Gasteiger partial charge in [0.1, 0.15) is 18.1 Å². The number of nitrogens with two attached hydrogens (primary N) is 1. The van der Waals surface area contributed by atoms with E-state index in [0.717, 1.165) is 0 Å². The van der Waals surface area contributed by atoms with Crippen molar-refractivity contribution in [2.45, 2.75) is 71.6 Å². The summed E-state index contributed by atoms with van der Waals surface area (Å²) in [6.07, 6.45) is 1.11. The molecule has 0 radical (unpaired) electrons. The summed E-state index contributed by atoms with van der Waals surface area (Å²) in [4.78, 5) is 74.3. The first-order valence-corrected chi connectivity index (χ1v) is 11.7. The predicted molar refractivity (Wildman–Crippen MR) is 126 cm³/mol. The van der Waals surface area contributed by atoms with Crippen molar-refractivity contribution in [2.24, 2.45) is 17.6 Å². The number of rotatable bonds is 12. The van der Waals surface area contributed by atoms with Gasteiger partial charge in [-0.3, -0.25) is 24.0 Å². The van der Waals surface area contributed by atoms with Crippen LogP contribution < -0.4 is 27.0 Å². The van der Waals surface area contributed by atoms with Crippen molar-refractivity contribution >= 4 is 35.5 Å². The van der Waals surface area contributed by atoms with E-state index in [2.05, 4.69) is 21.3 Å². The van der Waals surface area contributed by atoms with Crippen LogP contribution in [0.4, 0.5) is 0 Å². The molecule has 0 aliphatic carbocycles. The van der Waals surface area contributed by atoms with Gasteiger partial charge >= 0.3 is 5.97 Å². The quantitative estimate of drug-likeness (QED) is 0.176. The molecule has 1 aliphatic rings. The zero-order valence-corrected chi connectivity index (χ0v) is 20.9. The fourth-order valence-electron chi connectivity index (χ4n) is 3.62. The Morgan fingerprint density at radius 1 is 0.886 bits per heavy atom. The molecule has 0 spiro atoms. The van der Waals surface area contributed by atoms with Gasteiger partial charge in [-0.05, 0) is 31.6 Å². The highest BCUT2D eigenvalue weighted by Crippen LogP contribution is 2.18. The Bertz CT molecular complexity index is 814. The molecule has 0 aromatic carbocycles. The smallest absolute Gasteiger partial charge is 0.326 e. The van der Waals surface area contributed by atoms with E-state index in [0.29, 0.717) is 19.4 Å². The van der Waals surface area contributed by atoms with Crippen LogP contribution in [0.15, 0.2) is 0 Å². The molecule has 0 bridgehead atoms. The van der Waals surface area contributed by atoms with Crippen LogP contribution in [0.2, 0.25) is 0 Å². The van der Waals surface area contributed by atoms with Gasteiger partial charge in [0.2, 0.25) is 29.5 Å². The minimum atomic E-state index is -1.18. The topological polar surface area (TPSA) is 200 Å². The van der Waals surface area contributed by atoms with Gasteiger partial charge in [-0.2, -0.15) is 0 Å². The van der Waals surface area contributed by atoms with Crippen molar-refractivity contribution in [1.29, 1.82) is 0 Å². The van der Waals surface area contributed by atoms with E-state index in [1.807, 2.05) is 0 Å². The van der Waals surface area contributed by atoms with Crippen LogP contribution in [-0.2, 0) is 28.8 Å². The lowest BCUT2D eigenvalue weighted by Crippen LogP contribution is -2.55. The summed E-state index contributed by atoms with van der Waals surface area (Å²) in [5.41, 5.74) is 5.63. The normalized spacial score (nSPS) is 17.9. The zero-order valence-electron chi connectivity index (χ0n) is 20.9. The van der Waals surface area contributed by atoms with Crippen LogP contribution in [0.3, 0.4) is 0 Å². The molecule has 13 nitrogen and oxygen atoms in total. The maximum atomic E-state index is 12.5. The molecular weight excluding hydrogens is 460 g/mol. The average Bonchev–Trinajstić information content (AvgIpc) is 3.26. The molecule has 0 aromatic heterocycles. The molecule has 0 aromatic rings. The molecule has 4 atom stereocenters. The monoisotopic (exact) mass is 498 g/mol. The fourth-order valence-corrected chi connectivity index (χ4v) is 3.62. The summed E-state index contributed by atoms with van der Waals surface area (Å²) in [5.74, 6) is -4.61. The molecule has 13 heteroatoms. The largest absolute Gasteiger partial charge is 0.480 e. The second-order valence-electron chi connectivity index (χ2n) is 9.33. The van der Waals surface area contributed by atoms with Gasteiger partial charge in [-0.25, -0.2) is 4.79 Å². The number of hydrogen-bond acceptors (Lipinski definition) is 7. The number of carboxylic acid groups (broad SMARTS) is 1. The zero-order chi connectivity index (χ0) is 26.9. The second-order valence-corrected chi connectivity index (χ2v) is 9.33. The molecular formula is C22H38N6O7. The molecule has 1 heterocycles. The van der Waals surface area contributed by atoms with E-state index in [1.54, 1.807) is 34.6 Å². The molecule has 5 amide bonds. The molecule has 1 saturated heterocycles. The predicted octanol–water partition coefficient (Wildman–Crippen LogP) is -2.08. The summed E-state index contributed by atoms with van der Waals surface area (Å²) in [5, 5.41) is 18.9. The summed E-state index contributed by atoms with van der Waals surface area (Å²) in [6, 6.07) is -3.53. The molecule has 0 saturated carbocycles. The van der Waals surface area contributed by atoms with Crippen molar-refractivity contribution in [3.63, 3.8) is 0 Å². The van der Waals surface area contributed by atoms with Crippen LogP contribution in [0.5, 0.6) is 0 Å². The number of hydrogen-bond donors (Lipinski definition) is 6. The Balaban J connectivity index is 2.59. The molecule has 35 heavy (non-hydrogen) atoms. The SMILES string of the molecule is CC(N)C(=O)N1CCCC1C(=O)NCC(=O)NC(C(=O)NCC(=O)NC(C(=O)O)C(C)C)C(C)C. The maximum Gasteiger partial charge on any atom is 0.326 e. The number of nitrogens with one attached hydrogen (secondary N) is 4. The Hall–Kier alpha value is -3.22. The van der Waals surface area contributed by atoms with E-state index in [4.69, 9.17) is 10.8 Å². The third kappa shape index (κ3) is 9.15. The van der Waals surface area contributed by atoms with E-state index >= 15 is 0 Å². The number of nitrogens with zero attached hydrogens (tertiary/aromatic N) is 1. The number of likely N-dealkylation sites (tertiary alicyclic amines) is 1. The van der Waals surface area contributed by atoms with Crippen molar-refractivity contribution in [3.8, 4) is 0 Å². The van der Waals surface area contributed by atoms with Crippen LogP contribution in [-0.4, -0.2) is 89.3 Å².